The van der Waals surface area contributed by atoms with Crippen molar-refractivity contribution in [1.82, 2.24) is 0 Å². The molecule has 1 radical (unpaired) electrons. The van der Waals surface area contributed by atoms with Gasteiger partial charge in [-0.05, 0) is 6.92 Å². The van der Waals surface area contributed by atoms with Gasteiger partial charge in [0.05, 0.1) is 11.0 Å². The third kappa shape index (κ3) is 0.451. The Labute approximate surface area is 41.1 Å². The zero-order chi connectivity index (χ0) is 4.57. The highest BCUT2D eigenvalue weighted by molar-refractivity contribution is 8.06. The Hall–Kier alpha value is 0.0200. The van der Waals surface area contributed by atoms with Crippen LogP contribution in [0.5, 0.6) is 0 Å². The molecule has 1 saturated heterocycles. The number of carbonyl (C=O) groups excluding carboxylic acids is 1. The van der Waals surface area contributed by atoms with Crippen LogP contribution < -0.4 is 0 Å². The molecule has 1 aliphatic heterocycles. The first kappa shape index (κ1) is 4.19. The zero-order valence-electron chi connectivity index (χ0n) is 3.52. The second-order valence-corrected chi connectivity index (χ2v) is 2.46. The molecule has 0 aromatic heterocycles. The van der Waals surface area contributed by atoms with Crippen LogP contribution in [0.3, 0.4) is 0 Å². The fourth-order valence-electron chi connectivity index (χ4n) is 0.275. The summed E-state index contributed by atoms with van der Waals surface area (Å²) < 4.78 is 0. The van der Waals surface area contributed by atoms with Gasteiger partial charge >= 0.3 is 0 Å². The number of hydrogen-bond donors (Lipinski definition) is 0. The van der Waals surface area contributed by atoms with E-state index in [2.05, 4.69) is 0 Å². The van der Waals surface area contributed by atoms with E-state index in [0.29, 0.717) is 11.5 Å². The summed E-state index contributed by atoms with van der Waals surface area (Å²) in [5.41, 5.74) is 0. The summed E-state index contributed by atoms with van der Waals surface area (Å²) in [6, 6.07) is 0. The molecule has 0 saturated carbocycles. The van der Waals surface area contributed by atoms with Crippen molar-refractivity contribution < 1.29 is 4.79 Å². The molecular formula is C4H5OS. The molecule has 0 amide bonds. The standard InChI is InChI=1S/C4H5OS/c1-3-4(5)2-6-3/h2H2,1H3. The van der Waals surface area contributed by atoms with Crippen LogP contribution in [0.15, 0.2) is 0 Å². The average Bonchev–Trinajstić information content (AvgIpc) is 1.61. The van der Waals surface area contributed by atoms with E-state index in [0.717, 1.165) is 5.25 Å². The van der Waals surface area contributed by atoms with E-state index >= 15 is 0 Å². The summed E-state index contributed by atoms with van der Waals surface area (Å²) in [6.45, 7) is 1.86. The van der Waals surface area contributed by atoms with Crippen LogP contribution in [0.2, 0.25) is 0 Å². The topological polar surface area (TPSA) is 17.1 Å². The van der Waals surface area contributed by atoms with Crippen molar-refractivity contribution in [3.63, 3.8) is 0 Å². The maximum Gasteiger partial charge on any atom is 0.160 e. The van der Waals surface area contributed by atoms with Gasteiger partial charge in [0, 0.05) is 0 Å². The first-order valence-electron chi connectivity index (χ1n) is 1.80. The molecule has 1 nitrogen and oxygen atoms in total. The van der Waals surface area contributed by atoms with Gasteiger partial charge < -0.3 is 0 Å². The summed E-state index contributed by atoms with van der Waals surface area (Å²) >= 11 is 1.64. The van der Waals surface area contributed by atoms with Crippen molar-refractivity contribution in [2.45, 2.75) is 6.92 Å². The van der Waals surface area contributed by atoms with Crippen molar-refractivity contribution >= 4 is 17.5 Å². The molecule has 0 bridgehead atoms. The third-order valence-electron chi connectivity index (χ3n) is 0.812. The highest BCUT2D eigenvalue weighted by Crippen LogP contribution is 2.30. The maximum absolute atomic E-state index is 10.2. The van der Waals surface area contributed by atoms with Crippen molar-refractivity contribution in [3.8, 4) is 0 Å². The Balaban J connectivity index is 2.39. The van der Waals surface area contributed by atoms with E-state index < -0.39 is 0 Å². The lowest BCUT2D eigenvalue weighted by atomic mass is 10.3. The molecule has 33 valence electrons. The smallest absolute Gasteiger partial charge is 0.160 e. The molecule has 1 fully saturated rings. The summed E-state index contributed by atoms with van der Waals surface area (Å²) in [5, 5.41) is 0.968. The van der Waals surface area contributed by atoms with E-state index in [1.807, 2.05) is 6.92 Å². The Kier molecular flexibility index (Phi) is 0.880. The monoisotopic (exact) mass is 101 g/mol. The minimum atomic E-state index is 0.319. The van der Waals surface area contributed by atoms with E-state index in [9.17, 15) is 4.79 Å². The molecule has 1 rings (SSSR count). The largest absolute Gasteiger partial charge is 0.297 e. The first-order chi connectivity index (χ1) is 2.80. The Morgan fingerprint density at radius 3 is 2.33 bits per heavy atom. The van der Waals surface area contributed by atoms with Crippen LogP contribution in [0, 0.1) is 5.25 Å². The molecule has 0 atom stereocenters. The molecular weight excluding hydrogens is 96.1 g/mol. The molecule has 1 aliphatic rings. The molecule has 2 heteroatoms. The summed E-state index contributed by atoms with van der Waals surface area (Å²) in [5.74, 6) is 1.03. The number of rotatable bonds is 0. The van der Waals surface area contributed by atoms with Gasteiger partial charge in [-0.1, -0.05) is 0 Å². The predicted octanol–water partition coefficient (Wildman–Crippen LogP) is 0.854. The van der Waals surface area contributed by atoms with E-state index in [1.54, 1.807) is 11.8 Å². The lowest BCUT2D eigenvalue weighted by Crippen LogP contribution is -2.19. The van der Waals surface area contributed by atoms with Crippen LogP contribution in [-0.4, -0.2) is 11.5 Å². The molecule has 0 aliphatic carbocycles. The van der Waals surface area contributed by atoms with E-state index in [-0.39, 0.29) is 0 Å². The molecule has 0 spiro atoms. The van der Waals surface area contributed by atoms with Crippen LogP contribution in [0.1, 0.15) is 6.92 Å². The van der Waals surface area contributed by atoms with Crippen molar-refractivity contribution in [2.24, 2.45) is 0 Å². The Bertz CT molecular complexity index is 79.6. The average molecular weight is 101 g/mol. The predicted molar refractivity (Wildman–Crippen MR) is 26.4 cm³/mol. The number of thioether (sulfide) groups is 1. The summed E-state index contributed by atoms with van der Waals surface area (Å²) in [6.07, 6.45) is 0. The van der Waals surface area contributed by atoms with Gasteiger partial charge in [0.1, 0.15) is 0 Å². The third-order valence-corrected chi connectivity index (χ3v) is 1.88. The Morgan fingerprint density at radius 1 is 1.83 bits per heavy atom. The molecule has 1 heterocycles. The van der Waals surface area contributed by atoms with Gasteiger partial charge in [-0.2, -0.15) is 0 Å². The van der Waals surface area contributed by atoms with Crippen molar-refractivity contribution in [3.05, 3.63) is 5.25 Å². The second kappa shape index (κ2) is 1.26. The number of ketones is 1. The molecule has 0 N–H and O–H groups in total. The van der Waals surface area contributed by atoms with E-state index in [1.165, 1.54) is 0 Å². The van der Waals surface area contributed by atoms with Crippen LogP contribution >= 0.6 is 11.8 Å². The fraction of sp³-hybridized carbons (Fsp3) is 0.500. The quantitative estimate of drug-likeness (QED) is 0.450. The van der Waals surface area contributed by atoms with Gasteiger partial charge in [-0.15, -0.1) is 11.8 Å². The summed E-state index contributed by atoms with van der Waals surface area (Å²) in [7, 11) is 0. The van der Waals surface area contributed by atoms with Crippen LogP contribution in [-0.2, 0) is 4.79 Å². The molecule has 0 unspecified atom stereocenters. The minimum absolute atomic E-state index is 0.319. The summed E-state index contributed by atoms with van der Waals surface area (Å²) in [4.78, 5) is 10.2. The minimum Gasteiger partial charge on any atom is -0.297 e. The number of hydrogen-bond acceptors (Lipinski definition) is 2. The maximum atomic E-state index is 10.2. The fourth-order valence-corrected chi connectivity index (χ4v) is 0.826. The molecule has 6 heavy (non-hydrogen) atoms. The molecule has 0 aromatic rings. The van der Waals surface area contributed by atoms with Gasteiger partial charge in [-0.3, -0.25) is 4.79 Å². The Morgan fingerprint density at radius 2 is 2.33 bits per heavy atom. The first-order valence-corrected chi connectivity index (χ1v) is 2.79. The highest BCUT2D eigenvalue weighted by atomic mass is 32.2. The number of carbonyl (C=O) groups is 1. The number of Topliss-reactive ketones (excluding diaryl/α,β-unsaturated/α-hetero) is 1. The lowest BCUT2D eigenvalue weighted by molar-refractivity contribution is -0.114. The van der Waals surface area contributed by atoms with E-state index in [4.69, 9.17) is 0 Å². The van der Waals surface area contributed by atoms with Gasteiger partial charge in [0.25, 0.3) is 0 Å². The van der Waals surface area contributed by atoms with Gasteiger partial charge in [0.15, 0.2) is 5.78 Å². The van der Waals surface area contributed by atoms with Gasteiger partial charge in [0.2, 0.25) is 0 Å². The van der Waals surface area contributed by atoms with Crippen molar-refractivity contribution in [2.75, 3.05) is 5.75 Å². The van der Waals surface area contributed by atoms with Crippen molar-refractivity contribution in [1.29, 1.82) is 0 Å². The van der Waals surface area contributed by atoms with Gasteiger partial charge in [-0.25, -0.2) is 0 Å². The van der Waals surface area contributed by atoms with Crippen LogP contribution in [0.4, 0.5) is 0 Å². The second-order valence-electron chi connectivity index (χ2n) is 1.27. The lowest BCUT2D eigenvalue weighted by Gasteiger charge is -2.15. The molecule has 0 aromatic carbocycles. The normalized spacial score (nSPS) is 23.8. The SMILES string of the molecule is C[C]1SCC1=O. The highest BCUT2D eigenvalue weighted by Gasteiger charge is 2.24. The zero-order valence-corrected chi connectivity index (χ0v) is 4.34. The van der Waals surface area contributed by atoms with Crippen LogP contribution in [0.25, 0.3) is 0 Å².